The zero-order valence-corrected chi connectivity index (χ0v) is 18.5. The first-order valence-corrected chi connectivity index (χ1v) is 12.0. The van der Waals surface area contributed by atoms with Crippen LogP contribution >= 0.6 is 11.8 Å². The number of hydrogen-bond donors (Lipinski definition) is 1. The second-order valence-electron chi connectivity index (χ2n) is 8.30. The van der Waals surface area contributed by atoms with Crippen LogP contribution in [0, 0.1) is 24.2 Å². The molecular weight excluding hydrogens is 422 g/mol. The quantitative estimate of drug-likeness (QED) is 0.565. The monoisotopic (exact) mass is 445 g/mol. The second-order valence-corrected chi connectivity index (χ2v) is 9.29. The summed E-state index contributed by atoms with van der Waals surface area (Å²) >= 11 is 1.68. The van der Waals surface area contributed by atoms with Gasteiger partial charge in [0.15, 0.2) is 0 Å². The Morgan fingerprint density at radius 2 is 1.78 bits per heavy atom. The van der Waals surface area contributed by atoms with Crippen LogP contribution in [-0.4, -0.2) is 42.3 Å². The van der Waals surface area contributed by atoms with Gasteiger partial charge in [-0.15, -0.1) is 6.42 Å². The maximum absolute atomic E-state index is 13.9. The van der Waals surface area contributed by atoms with Crippen LogP contribution in [0.1, 0.15) is 12.0 Å². The zero-order valence-electron chi connectivity index (χ0n) is 17.7. The Balaban J connectivity index is 1.68. The van der Waals surface area contributed by atoms with E-state index in [0.717, 1.165) is 11.3 Å². The van der Waals surface area contributed by atoms with Gasteiger partial charge in [-0.3, -0.25) is 24.6 Å². The summed E-state index contributed by atoms with van der Waals surface area (Å²) < 4.78 is 0. The van der Waals surface area contributed by atoms with Crippen LogP contribution in [0.5, 0.6) is 0 Å². The van der Waals surface area contributed by atoms with Crippen LogP contribution < -0.4 is 15.1 Å². The summed E-state index contributed by atoms with van der Waals surface area (Å²) in [5.74, 6) is 1.10. The number of amides is 3. The molecule has 0 bridgehead atoms. The van der Waals surface area contributed by atoms with Crippen LogP contribution in [0.25, 0.3) is 0 Å². The number of carbonyl (C=O) groups is 3. The summed E-state index contributed by atoms with van der Waals surface area (Å²) in [5.41, 5.74) is 0.663. The predicted octanol–water partition coefficient (Wildman–Crippen LogP) is 2.39. The minimum atomic E-state index is -1.29. The molecule has 2 fully saturated rings. The lowest BCUT2D eigenvalue weighted by Crippen LogP contribution is -2.55. The van der Waals surface area contributed by atoms with E-state index in [0.29, 0.717) is 17.8 Å². The molecule has 2 aromatic carbocycles. The van der Waals surface area contributed by atoms with Gasteiger partial charge < -0.3 is 0 Å². The van der Waals surface area contributed by atoms with E-state index < -0.39 is 17.4 Å². The van der Waals surface area contributed by atoms with Gasteiger partial charge >= 0.3 is 0 Å². The van der Waals surface area contributed by atoms with Gasteiger partial charge in [0.2, 0.25) is 11.8 Å². The van der Waals surface area contributed by atoms with Crippen molar-refractivity contribution < 1.29 is 14.4 Å². The van der Waals surface area contributed by atoms with Crippen molar-refractivity contribution in [1.82, 2.24) is 5.32 Å². The van der Waals surface area contributed by atoms with Crippen molar-refractivity contribution in [3.63, 3.8) is 0 Å². The summed E-state index contributed by atoms with van der Waals surface area (Å²) in [7, 11) is 0. The first-order valence-electron chi connectivity index (χ1n) is 10.6. The molecule has 4 atom stereocenters. The highest BCUT2D eigenvalue weighted by Gasteiger charge is 2.71. The maximum Gasteiger partial charge on any atom is 0.253 e. The van der Waals surface area contributed by atoms with Crippen molar-refractivity contribution >= 4 is 40.9 Å². The number of terminal acetylenes is 1. The molecule has 32 heavy (non-hydrogen) atoms. The smallest absolute Gasteiger partial charge is 0.253 e. The number of benzene rings is 2. The summed E-state index contributed by atoms with van der Waals surface area (Å²) in [4.78, 5) is 44.2. The summed E-state index contributed by atoms with van der Waals surface area (Å²) in [6.45, 7) is 0.108. The standard InChI is InChI=1S/C25H23N3O3S/c1-3-14-27-19-12-8-7-11-17(19)25(24(27)31)21-20(18(26-25)13-15-32-2)22(29)28(23(21)30)16-9-5-4-6-10-16/h1,4-12,18,20-21,26H,13-15H2,2H3/t18-,20+,21-,25+/m1/s1. The van der Waals surface area contributed by atoms with Gasteiger partial charge in [-0.2, -0.15) is 11.8 Å². The Hall–Kier alpha value is -3.08. The first-order chi connectivity index (χ1) is 15.6. The number of nitrogens with zero attached hydrogens (tertiary/aromatic N) is 2. The van der Waals surface area contributed by atoms with Crippen molar-refractivity contribution in [1.29, 1.82) is 0 Å². The number of anilines is 2. The molecule has 0 aromatic heterocycles. The fourth-order valence-corrected chi connectivity index (χ4v) is 6.01. The number of thioether (sulfide) groups is 1. The minimum absolute atomic E-state index is 0.108. The fraction of sp³-hybridized carbons (Fsp3) is 0.320. The number of hydrogen-bond acceptors (Lipinski definition) is 5. The fourth-order valence-electron chi connectivity index (χ4n) is 5.52. The highest BCUT2D eigenvalue weighted by Crippen LogP contribution is 2.55. The van der Waals surface area contributed by atoms with E-state index in [4.69, 9.17) is 6.42 Å². The summed E-state index contributed by atoms with van der Waals surface area (Å²) in [6, 6.07) is 16.1. The average Bonchev–Trinajstić information content (AvgIpc) is 3.38. The van der Waals surface area contributed by atoms with Crippen LogP contribution in [0.2, 0.25) is 0 Å². The lowest BCUT2D eigenvalue weighted by molar-refractivity contribution is -0.132. The van der Waals surface area contributed by atoms with Crippen molar-refractivity contribution in [3.8, 4) is 12.3 Å². The summed E-state index contributed by atoms with van der Waals surface area (Å²) in [5, 5.41) is 3.49. The van der Waals surface area contributed by atoms with E-state index in [-0.39, 0.29) is 30.3 Å². The molecule has 3 amide bonds. The average molecular weight is 446 g/mol. The normalized spacial score (nSPS) is 28.4. The third-order valence-corrected chi connectivity index (χ3v) is 7.41. The lowest BCUT2D eigenvalue weighted by atomic mass is 9.76. The number of imide groups is 1. The third kappa shape index (κ3) is 2.70. The molecule has 1 spiro atoms. The molecule has 2 aromatic rings. The molecule has 1 N–H and O–H groups in total. The maximum atomic E-state index is 13.9. The molecule has 6 nitrogen and oxygen atoms in total. The molecule has 0 aliphatic carbocycles. The van der Waals surface area contributed by atoms with Gasteiger partial charge in [0.1, 0.15) is 5.54 Å². The van der Waals surface area contributed by atoms with Gasteiger partial charge in [-0.1, -0.05) is 42.3 Å². The lowest BCUT2D eigenvalue weighted by Gasteiger charge is -2.30. The van der Waals surface area contributed by atoms with E-state index in [1.54, 1.807) is 40.9 Å². The second kappa shape index (κ2) is 7.80. The third-order valence-electron chi connectivity index (χ3n) is 6.76. The molecule has 3 heterocycles. The molecule has 0 radical (unpaired) electrons. The number of para-hydroxylation sites is 2. The SMILES string of the molecule is C#CCN1C(=O)[C@]2(N[C@H](CCSC)[C@@H]3C(=O)N(c4ccccc4)C(=O)[C@@H]32)c2ccccc21. The van der Waals surface area contributed by atoms with Gasteiger partial charge in [0.25, 0.3) is 5.91 Å². The van der Waals surface area contributed by atoms with Gasteiger partial charge in [0, 0.05) is 11.6 Å². The van der Waals surface area contributed by atoms with Gasteiger partial charge in [0.05, 0.1) is 29.8 Å². The minimum Gasteiger partial charge on any atom is -0.298 e. The van der Waals surface area contributed by atoms with Crippen molar-refractivity contribution in [2.24, 2.45) is 11.8 Å². The van der Waals surface area contributed by atoms with Crippen LogP contribution in [0.15, 0.2) is 54.6 Å². The number of fused-ring (bicyclic) bond motifs is 4. The van der Waals surface area contributed by atoms with Crippen LogP contribution in [0.4, 0.5) is 11.4 Å². The molecule has 0 saturated carbocycles. The Labute approximate surface area is 191 Å². The van der Waals surface area contributed by atoms with E-state index in [1.807, 2.05) is 36.6 Å². The van der Waals surface area contributed by atoms with Crippen LogP contribution in [0.3, 0.4) is 0 Å². The zero-order chi connectivity index (χ0) is 22.5. The Kier molecular flexibility index (Phi) is 5.07. The molecule has 5 rings (SSSR count). The Bertz CT molecular complexity index is 1140. The number of nitrogens with one attached hydrogen (secondary N) is 1. The molecular formula is C25H23N3O3S. The molecule has 3 aliphatic heterocycles. The first kappa shape index (κ1) is 20.8. The summed E-state index contributed by atoms with van der Waals surface area (Å²) in [6.07, 6.45) is 8.25. The van der Waals surface area contributed by atoms with E-state index in [9.17, 15) is 14.4 Å². The molecule has 7 heteroatoms. The molecule has 0 unspecified atom stereocenters. The van der Waals surface area contributed by atoms with Crippen molar-refractivity contribution in [3.05, 3.63) is 60.2 Å². The van der Waals surface area contributed by atoms with Crippen LogP contribution in [-0.2, 0) is 19.9 Å². The van der Waals surface area contributed by atoms with E-state index in [2.05, 4.69) is 11.2 Å². The molecule has 2 saturated heterocycles. The number of carbonyl (C=O) groups excluding carboxylic acids is 3. The van der Waals surface area contributed by atoms with Gasteiger partial charge in [-0.05, 0) is 36.6 Å². The highest BCUT2D eigenvalue weighted by atomic mass is 32.2. The van der Waals surface area contributed by atoms with Crippen molar-refractivity contribution in [2.75, 3.05) is 28.4 Å². The Morgan fingerprint density at radius 1 is 1.06 bits per heavy atom. The van der Waals surface area contributed by atoms with Gasteiger partial charge in [-0.25, -0.2) is 4.90 Å². The molecule has 162 valence electrons. The van der Waals surface area contributed by atoms with Crippen molar-refractivity contribution in [2.45, 2.75) is 18.0 Å². The molecule has 3 aliphatic rings. The van der Waals surface area contributed by atoms with E-state index >= 15 is 0 Å². The van der Waals surface area contributed by atoms with E-state index in [1.165, 1.54) is 4.90 Å². The largest absolute Gasteiger partial charge is 0.298 e. The predicted molar refractivity (Wildman–Crippen MR) is 125 cm³/mol. The Morgan fingerprint density at radius 3 is 2.50 bits per heavy atom. The highest BCUT2D eigenvalue weighted by molar-refractivity contribution is 7.98. The number of rotatable bonds is 5. The topological polar surface area (TPSA) is 69.7 Å².